The predicted octanol–water partition coefficient (Wildman–Crippen LogP) is 3.72. The van der Waals surface area contributed by atoms with Crippen molar-refractivity contribution in [3.8, 4) is 10.6 Å². The molecule has 1 saturated carbocycles. The number of carbonyl (C=O) groups excluding carboxylic acids is 1. The van der Waals surface area contributed by atoms with E-state index in [9.17, 15) is 4.79 Å². The van der Waals surface area contributed by atoms with Gasteiger partial charge in [-0.25, -0.2) is 4.98 Å². The Morgan fingerprint density at radius 1 is 1.39 bits per heavy atom. The minimum Gasteiger partial charge on any atom is -0.353 e. The van der Waals surface area contributed by atoms with Gasteiger partial charge < -0.3 is 10.6 Å². The summed E-state index contributed by atoms with van der Waals surface area (Å²) in [6.45, 7) is 1.58. The summed E-state index contributed by atoms with van der Waals surface area (Å²) in [5.74, 6) is 0.180. The molecule has 23 heavy (non-hydrogen) atoms. The zero-order chi connectivity index (χ0) is 16.1. The molecule has 1 fully saturated rings. The summed E-state index contributed by atoms with van der Waals surface area (Å²) in [4.78, 5) is 16.2. The molecule has 3 rings (SSSR count). The SMILES string of the molecule is O=C(CCCNCc1csc(-c2cccc(Br)c2)n1)NC1CC1. The Morgan fingerprint density at radius 2 is 2.26 bits per heavy atom. The third-order valence-corrected chi connectivity index (χ3v) is 5.06. The van der Waals surface area contributed by atoms with Crippen molar-refractivity contribution in [2.75, 3.05) is 6.54 Å². The van der Waals surface area contributed by atoms with Crippen LogP contribution in [0.3, 0.4) is 0 Å². The van der Waals surface area contributed by atoms with E-state index >= 15 is 0 Å². The van der Waals surface area contributed by atoms with E-state index in [1.807, 2.05) is 12.1 Å². The molecule has 0 radical (unpaired) electrons. The van der Waals surface area contributed by atoms with Crippen LogP contribution in [0.25, 0.3) is 10.6 Å². The number of nitrogens with zero attached hydrogens (tertiary/aromatic N) is 1. The summed E-state index contributed by atoms with van der Waals surface area (Å²) < 4.78 is 1.06. The summed E-state index contributed by atoms with van der Waals surface area (Å²) in [6.07, 6.45) is 3.76. The average Bonchev–Trinajstić information content (AvgIpc) is 3.21. The van der Waals surface area contributed by atoms with E-state index in [1.165, 1.54) is 0 Å². The molecule has 1 aliphatic carbocycles. The Kier molecular flexibility index (Phi) is 5.80. The maximum absolute atomic E-state index is 11.6. The third-order valence-electron chi connectivity index (χ3n) is 3.63. The fraction of sp³-hybridized carbons (Fsp3) is 0.412. The van der Waals surface area contributed by atoms with Gasteiger partial charge in [-0.2, -0.15) is 0 Å². The lowest BCUT2D eigenvalue weighted by atomic mass is 10.2. The Bertz CT molecular complexity index is 669. The van der Waals surface area contributed by atoms with E-state index in [0.717, 1.165) is 53.1 Å². The zero-order valence-electron chi connectivity index (χ0n) is 12.8. The lowest BCUT2D eigenvalue weighted by molar-refractivity contribution is -0.121. The molecule has 4 nitrogen and oxygen atoms in total. The molecular formula is C17H20BrN3OS. The van der Waals surface area contributed by atoms with Gasteiger partial charge in [0, 0.05) is 34.4 Å². The van der Waals surface area contributed by atoms with E-state index in [1.54, 1.807) is 11.3 Å². The van der Waals surface area contributed by atoms with E-state index in [0.29, 0.717) is 12.5 Å². The molecule has 0 atom stereocenters. The van der Waals surface area contributed by atoms with Gasteiger partial charge in [0.05, 0.1) is 5.69 Å². The maximum atomic E-state index is 11.6. The molecule has 0 spiro atoms. The molecule has 1 amide bonds. The van der Waals surface area contributed by atoms with Gasteiger partial charge in [0.1, 0.15) is 5.01 Å². The predicted molar refractivity (Wildman–Crippen MR) is 97.4 cm³/mol. The quantitative estimate of drug-likeness (QED) is 0.671. The molecule has 2 aromatic rings. The molecule has 1 aromatic carbocycles. The summed E-state index contributed by atoms with van der Waals surface area (Å²) in [6, 6.07) is 8.64. The molecule has 0 saturated heterocycles. The van der Waals surface area contributed by atoms with Gasteiger partial charge in [-0.15, -0.1) is 11.3 Å². The number of thiazole rings is 1. The molecule has 0 aliphatic heterocycles. The van der Waals surface area contributed by atoms with Crippen molar-refractivity contribution in [1.29, 1.82) is 0 Å². The lowest BCUT2D eigenvalue weighted by Gasteiger charge is -2.04. The van der Waals surface area contributed by atoms with Crippen molar-refractivity contribution in [2.45, 2.75) is 38.3 Å². The molecule has 0 bridgehead atoms. The number of benzene rings is 1. The third kappa shape index (κ3) is 5.41. The largest absolute Gasteiger partial charge is 0.353 e. The molecule has 1 aromatic heterocycles. The molecule has 0 unspecified atom stereocenters. The van der Waals surface area contributed by atoms with Crippen molar-refractivity contribution < 1.29 is 4.79 Å². The highest BCUT2D eigenvalue weighted by atomic mass is 79.9. The molecule has 1 heterocycles. The van der Waals surface area contributed by atoms with Crippen LogP contribution in [0.4, 0.5) is 0 Å². The van der Waals surface area contributed by atoms with Crippen molar-refractivity contribution in [3.63, 3.8) is 0 Å². The molecular weight excluding hydrogens is 374 g/mol. The highest BCUT2D eigenvalue weighted by Gasteiger charge is 2.22. The monoisotopic (exact) mass is 393 g/mol. The number of rotatable bonds is 8. The summed E-state index contributed by atoms with van der Waals surface area (Å²) in [5, 5.41) is 9.48. The lowest BCUT2D eigenvalue weighted by Crippen LogP contribution is -2.26. The Hall–Kier alpha value is -1.24. The second kappa shape index (κ2) is 8.04. The summed E-state index contributed by atoms with van der Waals surface area (Å²) in [5.41, 5.74) is 2.18. The average molecular weight is 394 g/mol. The first-order valence-corrected chi connectivity index (χ1v) is 9.58. The minimum absolute atomic E-state index is 0.180. The number of halogens is 1. The normalized spacial score (nSPS) is 14.0. The number of amides is 1. The van der Waals surface area contributed by atoms with Gasteiger partial charge >= 0.3 is 0 Å². The first-order chi connectivity index (χ1) is 11.2. The first-order valence-electron chi connectivity index (χ1n) is 7.91. The van der Waals surface area contributed by atoms with Crippen molar-refractivity contribution in [1.82, 2.24) is 15.6 Å². The topological polar surface area (TPSA) is 54.0 Å². The number of hydrogen-bond donors (Lipinski definition) is 2. The highest BCUT2D eigenvalue weighted by Crippen LogP contribution is 2.26. The standard InChI is InChI=1S/C17H20BrN3OS/c18-13-4-1-3-12(9-13)17-21-15(11-23-17)10-19-8-2-5-16(22)20-14-6-7-14/h1,3-4,9,11,14,19H,2,5-8,10H2,(H,20,22). The van der Waals surface area contributed by atoms with E-state index in [4.69, 9.17) is 0 Å². The van der Waals surface area contributed by atoms with Crippen LogP contribution in [0.5, 0.6) is 0 Å². The van der Waals surface area contributed by atoms with Crippen molar-refractivity contribution >= 4 is 33.2 Å². The van der Waals surface area contributed by atoms with Gasteiger partial charge in [0.2, 0.25) is 5.91 Å². The van der Waals surface area contributed by atoms with Gasteiger partial charge in [0.25, 0.3) is 0 Å². The number of hydrogen-bond acceptors (Lipinski definition) is 4. The van der Waals surface area contributed by atoms with Crippen LogP contribution < -0.4 is 10.6 Å². The van der Waals surface area contributed by atoms with Crippen LogP contribution in [0, 0.1) is 0 Å². The van der Waals surface area contributed by atoms with Gasteiger partial charge in [0.15, 0.2) is 0 Å². The molecule has 1 aliphatic rings. The van der Waals surface area contributed by atoms with E-state index in [-0.39, 0.29) is 5.91 Å². The molecule has 6 heteroatoms. The van der Waals surface area contributed by atoms with Gasteiger partial charge in [-0.1, -0.05) is 28.1 Å². The number of aromatic nitrogens is 1. The fourth-order valence-electron chi connectivity index (χ4n) is 2.26. The Labute approximate surface area is 148 Å². The highest BCUT2D eigenvalue weighted by molar-refractivity contribution is 9.10. The maximum Gasteiger partial charge on any atom is 0.220 e. The Morgan fingerprint density at radius 3 is 3.04 bits per heavy atom. The number of carbonyl (C=O) groups is 1. The van der Waals surface area contributed by atoms with Crippen LogP contribution in [-0.2, 0) is 11.3 Å². The van der Waals surface area contributed by atoms with Crippen molar-refractivity contribution in [2.24, 2.45) is 0 Å². The molecule has 122 valence electrons. The van der Waals surface area contributed by atoms with Crippen LogP contribution in [0.1, 0.15) is 31.4 Å². The van der Waals surface area contributed by atoms with Gasteiger partial charge in [-0.3, -0.25) is 4.79 Å². The van der Waals surface area contributed by atoms with Crippen molar-refractivity contribution in [3.05, 3.63) is 39.8 Å². The van der Waals surface area contributed by atoms with Crippen LogP contribution in [0.15, 0.2) is 34.1 Å². The second-order valence-corrected chi connectivity index (χ2v) is 7.55. The van der Waals surface area contributed by atoms with E-state index < -0.39 is 0 Å². The molecule has 2 N–H and O–H groups in total. The minimum atomic E-state index is 0.180. The van der Waals surface area contributed by atoms with E-state index in [2.05, 4.69) is 49.1 Å². The zero-order valence-corrected chi connectivity index (χ0v) is 15.3. The fourth-order valence-corrected chi connectivity index (χ4v) is 3.48. The van der Waals surface area contributed by atoms with Gasteiger partial charge in [-0.05, 0) is 37.9 Å². The van der Waals surface area contributed by atoms with Crippen LogP contribution in [0.2, 0.25) is 0 Å². The van der Waals surface area contributed by atoms with Crippen LogP contribution >= 0.6 is 27.3 Å². The summed E-state index contributed by atoms with van der Waals surface area (Å²) in [7, 11) is 0. The summed E-state index contributed by atoms with van der Waals surface area (Å²) >= 11 is 5.15. The first kappa shape index (κ1) is 16.6. The smallest absolute Gasteiger partial charge is 0.220 e. The Balaban J connectivity index is 1.38. The van der Waals surface area contributed by atoms with Crippen LogP contribution in [-0.4, -0.2) is 23.5 Å². The number of nitrogens with one attached hydrogen (secondary N) is 2. The second-order valence-electron chi connectivity index (χ2n) is 5.78.